The summed E-state index contributed by atoms with van der Waals surface area (Å²) >= 11 is 0. The van der Waals surface area contributed by atoms with Gasteiger partial charge in [-0.2, -0.15) is 0 Å². The van der Waals surface area contributed by atoms with Gasteiger partial charge < -0.3 is 15.7 Å². The van der Waals surface area contributed by atoms with Crippen molar-refractivity contribution in [1.82, 2.24) is 5.32 Å². The minimum Gasteiger partial charge on any atom is -0.478 e. The third-order valence-corrected chi connectivity index (χ3v) is 3.06. The molecule has 0 aliphatic carbocycles. The zero-order chi connectivity index (χ0) is 14.7. The third kappa shape index (κ3) is 2.85. The Balaban J connectivity index is 2.32. The minimum absolute atomic E-state index is 0.0775. The number of rotatable bonds is 4. The molecule has 0 spiro atoms. The first-order chi connectivity index (χ1) is 9.49. The van der Waals surface area contributed by atoms with Crippen molar-refractivity contribution in [3.63, 3.8) is 0 Å². The number of hydrogen-bond donors (Lipinski definition) is 3. The smallest absolute Gasteiger partial charge is 0.337 e. The maximum absolute atomic E-state index is 11.6. The van der Waals surface area contributed by atoms with Crippen LogP contribution in [0.25, 0.3) is 0 Å². The van der Waals surface area contributed by atoms with Gasteiger partial charge in [-0.05, 0) is 18.9 Å². The zero-order valence-electron chi connectivity index (χ0n) is 10.5. The van der Waals surface area contributed by atoms with Gasteiger partial charge in [0.15, 0.2) is 0 Å². The number of carboxylic acid groups (broad SMARTS) is 1. The molecule has 0 saturated carbocycles. The first-order valence-electron chi connectivity index (χ1n) is 6.05. The van der Waals surface area contributed by atoms with Crippen LogP contribution in [0.15, 0.2) is 18.2 Å². The predicted octanol–water partition coefficient (Wildman–Crippen LogP) is 0.983. The van der Waals surface area contributed by atoms with Gasteiger partial charge in [-0.3, -0.25) is 14.9 Å². The van der Waals surface area contributed by atoms with E-state index < -0.39 is 16.9 Å². The Bertz CT molecular complexity index is 572. The average molecular weight is 279 g/mol. The van der Waals surface area contributed by atoms with Crippen LogP contribution < -0.4 is 10.6 Å². The van der Waals surface area contributed by atoms with Gasteiger partial charge in [-0.25, -0.2) is 4.79 Å². The lowest BCUT2D eigenvalue weighted by Gasteiger charge is -2.24. The van der Waals surface area contributed by atoms with E-state index in [0.29, 0.717) is 13.0 Å². The molecule has 3 N–H and O–H groups in total. The maximum atomic E-state index is 11.6. The van der Waals surface area contributed by atoms with E-state index >= 15 is 0 Å². The summed E-state index contributed by atoms with van der Waals surface area (Å²) in [5.74, 6) is -1.45. The highest BCUT2D eigenvalue weighted by Gasteiger charge is 2.24. The summed E-state index contributed by atoms with van der Waals surface area (Å²) in [7, 11) is 0. The van der Waals surface area contributed by atoms with Crippen molar-refractivity contribution >= 4 is 23.3 Å². The number of nitro groups is 1. The molecule has 0 radical (unpaired) electrons. The fraction of sp³-hybridized carbons (Fsp3) is 0.333. The molecule has 20 heavy (non-hydrogen) atoms. The Morgan fingerprint density at radius 1 is 1.50 bits per heavy atom. The van der Waals surface area contributed by atoms with Crippen LogP contribution in [0.2, 0.25) is 0 Å². The van der Waals surface area contributed by atoms with Crippen LogP contribution in [-0.4, -0.2) is 34.5 Å². The summed E-state index contributed by atoms with van der Waals surface area (Å²) in [5, 5.41) is 25.3. The predicted molar refractivity (Wildman–Crippen MR) is 69.7 cm³/mol. The number of hydrogen-bond acceptors (Lipinski definition) is 5. The highest BCUT2D eigenvalue weighted by Crippen LogP contribution is 2.24. The summed E-state index contributed by atoms with van der Waals surface area (Å²) in [5.41, 5.74) is -0.253. The van der Waals surface area contributed by atoms with E-state index in [1.165, 1.54) is 0 Å². The maximum Gasteiger partial charge on any atom is 0.337 e. The number of aromatic carboxylic acids is 1. The van der Waals surface area contributed by atoms with E-state index in [1.54, 1.807) is 0 Å². The molecule has 8 heteroatoms. The molecule has 2 rings (SSSR count). The van der Waals surface area contributed by atoms with Gasteiger partial charge in [0.2, 0.25) is 5.91 Å². The molecular weight excluding hydrogens is 266 g/mol. The third-order valence-electron chi connectivity index (χ3n) is 3.06. The Kier molecular flexibility index (Phi) is 3.83. The first-order valence-corrected chi connectivity index (χ1v) is 6.05. The van der Waals surface area contributed by atoms with Crippen LogP contribution in [-0.2, 0) is 4.79 Å². The number of carbonyl (C=O) groups excluding carboxylic acids is 1. The molecular formula is C12H13N3O5. The molecule has 1 heterocycles. The standard InChI is InChI=1S/C12H13N3O5/c16-11-9(2-1-5-13-11)14-10-6-7(15(19)20)3-4-8(10)12(17)18/h3-4,6,9,14H,1-2,5H2,(H,13,16)(H,17,18). The summed E-state index contributed by atoms with van der Waals surface area (Å²) in [4.78, 5) is 32.9. The average Bonchev–Trinajstić information content (AvgIpc) is 2.41. The number of amides is 1. The van der Waals surface area contributed by atoms with Gasteiger partial charge in [0.05, 0.1) is 16.2 Å². The highest BCUT2D eigenvalue weighted by atomic mass is 16.6. The number of non-ortho nitro benzene ring substituents is 1. The highest BCUT2D eigenvalue weighted by molar-refractivity contribution is 5.96. The van der Waals surface area contributed by atoms with Crippen molar-refractivity contribution in [2.45, 2.75) is 18.9 Å². The van der Waals surface area contributed by atoms with Gasteiger partial charge in [0.25, 0.3) is 5.69 Å². The van der Waals surface area contributed by atoms with Crippen molar-refractivity contribution in [3.05, 3.63) is 33.9 Å². The van der Waals surface area contributed by atoms with Gasteiger partial charge in [0.1, 0.15) is 6.04 Å². The topological polar surface area (TPSA) is 122 Å². The Morgan fingerprint density at radius 3 is 2.85 bits per heavy atom. The lowest BCUT2D eigenvalue weighted by Crippen LogP contribution is -2.44. The van der Waals surface area contributed by atoms with Crippen LogP contribution in [0.1, 0.15) is 23.2 Å². The zero-order valence-corrected chi connectivity index (χ0v) is 10.5. The molecule has 1 saturated heterocycles. The Morgan fingerprint density at radius 2 is 2.25 bits per heavy atom. The van der Waals surface area contributed by atoms with Gasteiger partial charge in [-0.15, -0.1) is 0 Å². The fourth-order valence-corrected chi connectivity index (χ4v) is 2.05. The molecule has 1 aliphatic heterocycles. The molecule has 1 fully saturated rings. The van der Waals surface area contributed by atoms with Crippen LogP contribution in [0.5, 0.6) is 0 Å². The van der Waals surface area contributed by atoms with E-state index in [0.717, 1.165) is 24.6 Å². The molecule has 106 valence electrons. The summed E-state index contributed by atoms with van der Waals surface area (Å²) in [6.07, 6.45) is 1.31. The van der Waals surface area contributed by atoms with E-state index in [1.807, 2.05) is 0 Å². The number of piperidine rings is 1. The van der Waals surface area contributed by atoms with E-state index in [9.17, 15) is 19.7 Å². The first kappa shape index (κ1) is 13.8. The second-order valence-corrected chi connectivity index (χ2v) is 4.42. The molecule has 1 aromatic carbocycles. The number of nitrogens with one attached hydrogen (secondary N) is 2. The van der Waals surface area contributed by atoms with E-state index in [-0.39, 0.29) is 22.8 Å². The van der Waals surface area contributed by atoms with Crippen LogP contribution in [0.3, 0.4) is 0 Å². The Hall–Kier alpha value is -2.64. The fourth-order valence-electron chi connectivity index (χ4n) is 2.05. The number of carboxylic acids is 1. The van der Waals surface area contributed by atoms with Crippen molar-refractivity contribution in [3.8, 4) is 0 Å². The van der Waals surface area contributed by atoms with Crippen LogP contribution >= 0.6 is 0 Å². The largest absolute Gasteiger partial charge is 0.478 e. The van der Waals surface area contributed by atoms with Gasteiger partial charge >= 0.3 is 5.97 Å². The van der Waals surface area contributed by atoms with Gasteiger partial charge in [0, 0.05) is 18.7 Å². The second-order valence-electron chi connectivity index (χ2n) is 4.42. The molecule has 0 bridgehead atoms. The number of nitrogens with zero attached hydrogens (tertiary/aromatic N) is 1. The van der Waals surface area contributed by atoms with Crippen molar-refractivity contribution in [1.29, 1.82) is 0 Å². The second kappa shape index (κ2) is 5.55. The van der Waals surface area contributed by atoms with Crippen molar-refractivity contribution < 1.29 is 19.6 Å². The van der Waals surface area contributed by atoms with Crippen LogP contribution in [0, 0.1) is 10.1 Å². The van der Waals surface area contributed by atoms with Gasteiger partial charge in [-0.1, -0.05) is 0 Å². The number of benzene rings is 1. The molecule has 1 unspecified atom stereocenters. The SMILES string of the molecule is O=C(O)c1ccc([N+](=O)[O-])cc1NC1CCCNC1=O. The van der Waals surface area contributed by atoms with E-state index in [2.05, 4.69) is 10.6 Å². The summed E-state index contributed by atoms with van der Waals surface area (Å²) in [6, 6.07) is 2.83. The van der Waals surface area contributed by atoms with E-state index in [4.69, 9.17) is 5.11 Å². The summed E-state index contributed by atoms with van der Waals surface area (Å²) in [6.45, 7) is 0.581. The Labute approximate surface area is 113 Å². The molecule has 8 nitrogen and oxygen atoms in total. The number of carbonyl (C=O) groups is 2. The molecule has 1 atom stereocenters. The van der Waals surface area contributed by atoms with Crippen molar-refractivity contribution in [2.75, 3.05) is 11.9 Å². The molecule has 1 aliphatic rings. The van der Waals surface area contributed by atoms with Crippen LogP contribution in [0.4, 0.5) is 11.4 Å². The lowest BCUT2D eigenvalue weighted by molar-refractivity contribution is -0.384. The quantitative estimate of drug-likeness (QED) is 0.558. The monoisotopic (exact) mass is 279 g/mol. The number of anilines is 1. The molecule has 1 amide bonds. The molecule has 1 aromatic rings. The molecule has 0 aromatic heterocycles. The minimum atomic E-state index is -1.21. The lowest BCUT2D eigenvalue weighted by atomic mass is 10.0. The number of nitro benzene ring substituents is 1. The normalized spacial score (nSPS) is 18.2. The van der Waals surface area contributed by atoms with Crippen molar-refractivity contribution in [2.24, 2.45) is 0 Å². The summed E-state index contributed by atoms with van der Waals surface area (Å²) < 4.78 is 0.